The molecule has 1 aliphatic carbocycles. The molecule has 124 valence electrons. The number of rotatable bonds is 3. The van der Waals surface area contributed by atoms with E-state index < -0.39 is 0 Å². The molecule has 2 aliphatic rings. The van der Waals surface area contributed by atoms with Gasteiger partial charge < -0.3 is 15.5 Å². The van der Waals surface area contributed by atoms with Crippen molar-refractivity contribution in [1.82, 2.24) is 20.5 Å². The molecule has 0 atom stereocenters. The van der Waals surface area contributed by atoms with E-state index >= 15 is 0 Å². The first-order valence-corrected chi connectivity index (χ1v) is 8.49. The Morgan fingerprint density at radius 3 is 2.13 bits per heavy atom. The Morgan fingerprint density at radius 1 is 0.957 bits per heavy atom. The molecule has 2 fully saturated rings. The summed E-state index contributed by atoms with van der Waals surface area (Å²) in [7, 11) is 0. The molecule has 3 rings (SSSR count). The Balaban J connectivity index is 1.43. The van der Waals surface area contributed by atoms with E-state index in [1.807, 2.05) is 4.90 Å². The molecule has 0 spiro atoms. The maximum atomic E-state index is 12.4. The first kappa shape index (κ1) is 15.8. The zero-order chi connectivity index (χ0) is 16.1. The number of nitrogens with one attached hydrogen (secondary N) is 2. The molecular formula is C17H24N4O2. The van der Waals surface area contributed by atoms with E-state index in [9.17, 15) is 9.59 Å². The molecule has 1 saturated heterocycles. The van der Waals surface area contributed by atoms with Crippen LogP contribution >= 0.6 is 0 Å². The van der Waals surface area contributed by atoms with Gasteiger partial charge in [0.05, 0.1) is 0 Å². The van der Waals surface area contributed by atoms with Crippen molar-refractivity contribution in [1.29, 1.82) is 0 Å². The minimum Gasteiger partial charge on any atom is -0.338 e. The highest BCUT2D eigenvalue weighted by Crippen LogP contribution is 2.18. The molecule has 23 heavy (non-hydrogen) atoms. The van der Waals surface area contributed by atoms with Crippen molar-refractivity contribution in [2.45, 2.75) is 50.6 Å². The number of hydrogen-bond acceptors (Lipinski definition) is 3. The Kier molecular flexibility index (Phi) is 5.10. The summed E-state index contributed by atoms with van der Waals surface area (Å²) in [5.74, 6) is 0.0428. The zero-order valence-electron chi connectivity index (χ0n) is 13.3. The van der Waals surface area contributed by atoms with Crippen molar-refractivity contribution in [3.05, 3.63) is 30.1 Å². The third kappa shape index (κ3) is 4.21. The van der Waals surface area contributed by atoms with Crippen LogP contribution in [0.4, 0.5) is 4.79 Å². The fourth-order valence-electron chi connectivity index (χ4n) is 3.39. The SMILES string of the molecule is O=C(NC1CCCC1)NC1CCN(C(=O)c2ccncc2)CC1. The van der Waals surface area contributed by atoms with Gasteiger partial charge in [-0.3, -0.25) is 9.78 Å². The van der Waals surface area contributed by atoms with E-state index in [-0.39, 0.29) is 18.0 Å². The first-order valence-electron chi connectivity index (χ1n) is 8.49. The number of likely N-dealkylation sites (tertiary alicyclic amines) is 1. The van der Waals surface area contributed by atoms with Gasteiger partial charge in [-0.25, -0.2) is 4.79 Å². The molecule has 1 aromatic heterocycles. The smallest absolute Gasteiger partial charge is 0.315 e. The average Bonchev–Trinajstić information content (AvgIpc) is 3.08. The van der Waals surface area contributed by atoms with E-state index in [0.29, 0.717) is 24.7 Å². The quantitative estimate of drug-likeness (QED) is 0.895. The number of urea groups is 1. The summed E-state index contributed by atoms with van der Waals surface area (Å²) in [5.41, 5.74) is 0.672. The van der Waals surface area contributed by atoms with E-state index in [1.165, 1.54) is 12.8 Å². The van der Waals surface area contributed by atoms with Crippen LogP contribution in [0.25, 0.3) is 0 Å². The molecule has 1 aliphatic heterocycles. The van der Waals surface area contributed by atoms with E-state index in [0.717, 1.165) is 25.7 Å². The summed E-state index contributed by atoms with van der Waals surface area (Å²) in [6, 6.07) is 3.90. The number of nitrogens with zero attached hydrogens (tertiary/aromatic N) is 2. The highest BCUT2D eigenvalue weighted by Gasteiger charge is 2.25. The van der Waals surface area contributed by atoms with Crippen LogP contribution in [0.5, 0.6) is 0 Å². The highest BCUT2D eigenvalue weighted by molar-refractivity contribution is 5.94. The lowest BCUT2D eigenvalue weighted by atomic mass is 10.0. The van der Waals surface area contributed by atoms with Gasteiger partial charge in [-0.2, -0.15) is 0 Å². The first-order chi connectivity index (χ1) is 11.2. The molecule has 2 heterocycles. The molecule has 2 N–H and O–H groups in total. The molecular weight excluding hydrogens is 292 g/mol. The number of carbonyl (C=O) groups excluding carboxylic acids is 2. The van der Waals surface area contributed by atoms with Crippen LogP contribution in [0.1, 0.15) is 48.9 Å². The fourth-order valence-corrected chi connectivity index (χ4v) is 3.39. The van der Waals surface area contributed by atoms with Gasteiger partial charge in [-0.1, -0.05) is 12.8 Å². The number of aromatic nitrogens is 1. The van der Waals surface area contributed by atoms with Crippen molar-refractivity contribution < 1.29 is 9.59 Å². The molecule has 6 heteroatoms. The number of pyridine rings is 1. The van der Waals surface area contributed by atoms with Gasteiger partial charge in [-0.05, 0) is 37.8 Å². The minimum atomic E-state index is -0.0594. The van der Waals surface area contributed by atoms with Crippen LogP contribution in [0.15, 0.2) is 24.5 Å². The minimum absolute atomic E-state index is 0.0428. The lowest BCUT2D eigenvalue weighted by Crippen LogP contribution is -2.50. The Hall–Kier alpha value is -2.11. The monoisotopic (exact) mass is 316 g/mol. The zero-order valence-corrected chi connectivity index (χ0v) is 13.3. The second-order valence-electron chi connectivity index (χ2n) is 6.40. The highest BCUT2D eigenvalue weighted by atomic mass is 16.2. The number of hydrogen-bond donors (Lipinski definition) is 2. The maximum absolute atomic E-state index is 12.4. The van der Waals surface area contributed by atoms with Crippen LogP contribution < -0.4 is 10.6 Å². The molecule has 0 unspecified atom stereocenters. The number of amides is 3. The summed E-state index contributed by atoms with van der Waals surface area (Å²) in [4.78, 5) is 30.1. The van der Waals surface area contributed by atoms with Gasteiger partial charge in [0.1, 0.15) is 0 Å². The third-order valence-electron chi connectivity index (χ3n) is 4.74. The summed E-state index contributed by atoms with van der Waals surface area (Å²) in [5, 5.41) is 6.10. The van der Waals surface area contributed by atoms with E-state index in [1.54, 1.807) is 24.5 Å². The Labute approximate surface area is 136 Å². The van der Waals surface area contributed by atoms with E-state index in [4.69, 9.17) is 0 Å². The Bertz CT molecular complexity index is 535. The summed E-state index contributed by atoms with van der Waals surface area (Å²) in [6.07, 6.45) is 9.47. The maximum Gasteiger partial charge on any atom is 0.315 e. The third-order valence-corrected chi connectivity index (χ3v) is 4.74. The van der Waals surface area contributed by atoms with Crippen LogP contribution in [-0.4, -0.2) is 47.0 Å². The fraction of sp³-hybridized carbons (Fsp3) is 0.588. The Morgan fingerprint density at radius 2 is 1.52 bits per heavy atom. The molecule has 3 amide bonds. The second-order valence-corrected chi connectivity index (χ2v) is 6.40. The second kappa shape index (κ2) is 7.44. The van der Waals surface area contributed by atoms with Gasteiger partial charge in [0.25, 0.3) is 5.91 Å². The van der Waals surface area contributed by atoms with Crippen molar-refractivity contribution in [3.63, 3.8) is 0 Å². The molecule has 1 aromatic rings. The largest absolute Gasteiger partial charge is 0.338 e. The predicted octanol–water partition coefficient (Wildman–Crippen LogP) is 1.93. The summed E-state index contributed by atoms with van der Waals surface area (Å²) in [6.45, 7) is 1.35. The molecule has 0 aromatic carbocycles. The van der Waals surface area contributed by atoms with Crippen LogP contribution in [-0.2, 0) is 0 Å². The normalized spacial score (nSPS) is 19.6. The lowest BCUT2D eigenvalue weighted by Gasteiger charge is -2.32. The molecule has 6 nitrogen and oxygen atoms in total. The van der Waals surface area contributed by atoms with Gasteiger partial charge >= 0.3 is 6.03 Å². The summed E-state index contributed by atoms with van der Waals surface area (Å²) < 4.78 is 0. The van der Waals surface area contributed by atoms with Crippen LogP contribution in [0.2, 0.25) is 0 Å². The van der Waals surface area contributed by atoms with Gasteiger partial charge in [0, 0.05) is 43.1 Å². The van der Waals surface area contributed by atoms with Gasteiger partial charge in [-0.15, -0.1) is 0 Å². The molecule has 1 saturated carbocycles. The van der Waals surface area contributed by atoms with Crippen LogP contribution in [0, 0.1) is 0 Å². The van der Waals surface area contributed by atoms with Gasteiger partial charge in [0.15, 0.2) is 0 Å². The molecule has 0 radical (unpaired) electrons. The van der Waals surface area contributed by atoms with E-state index in [2.05, 4.69) is 15.6 Å². The van der Waals surface area contributed by atoms with Crippen molar-refractivity contribution >= 4 is 11.9 Å². The van der Waals surface area contributed by atoms with Crippen molar-refractivity contribution in [2.75, 3.05) is 13.1 Å². The summed E-state index contributed by atoms with van der Waals surface area (Å²) >= 11 is 0. The lowest BCUT2D eigenvalue weighted by molar-refractivity contribution is 0.0708. The molecule has 0 bridgehead atoms. The predicted molar refractivity (Wildman–Crippen MR) is 87.1 cm³/mol. The van der Waals surface area contributed by atoms with Gasteiger partial charge in [0.2, 0.25) is 0 Å². The average molecular weight is 316 g/mol. The topological polar surface area (TPSA) is 74.3 Å². The van der Waals surface area contributed by atoms with Crippen molar-refractivity contribution in [2.24, 2.45) is 0 Å². The standard InChI is InChI=1S/C17H24N4O2/c22-16(13-5-9-18-10-6-13)21-11-7-15(8-12-21)20-17(23)19-14-3-1-2-4-14/h5-6,9-10,14-15H,1-4,7-8,11-12H2,(H2,19,20,23). The number of carbonyl (C=O) groups is 2. The number of piperidine rings is 1. The van der Waals surface area contributed by atoms with Crippen molar-refractivity contribution in [3.8, 4) is 0 Å². The van der Waals surface area contributed by atoms with Crippen LogP contribution in [0.3, 0.4) is 0 Å².